The zero-order valence-electron chi connectivity index (χ0n) is 14.7. The minimum atomic E-state index is -0.719. The molecule has 0 bridgehead atoms. The molecule has 1 aromatic rings. The first-order chi connectivity index (χ1) is 11.6. The average Bonchev–Trinajstić information content (AvgIpc) is 2.50. The molecule has 1 unspecified atom stereocenters. The molecular formula is C17H22FN3O2S2. The maximum Gasteiger partial charge on any atom is 0.252 e. The van der Waals surface area contributed by atoms with Gasteiger partial charge < -0.3 is 10.2 Å². The van der Waals surface area contributed by atoms with E-state index in [-0.39, 0.29) is 5.91 Å². The molecule has 1 aliphatic rings. The number of rotatable bonds is 5. The van der Waals surface area contributed by atoms with Gasteiger partial charge in [-0.2, -0.15) is 0 Å². The number of benzene rings is 1. The highest BCUT2D eigenvalue weighted by atomic mass is 32.2. The summed E-state index contributed by atoms with van der Waals surface area (Å²) in [5.74, 6) is -1.04. The van der Waals surface area contributed by atoms with Crippen LogP contribution in [-0.4, -0.2) is 63.9 Å². The first-order valence-corrected chi connectivity index (χ1v) is 9.10. The van der Waals surface area contributed by atoms with Crippen molar-refractivity contribution < 1.29 is 14.0 Å². The van der Waals surface area contributed by atoms with Gasteiger partial charge in [0.25, 0.3) is 11.8 Å². The molecular weight excluding hydrogens is 361 g/mol. The van der Waals surface area contributed by atoms with Crippen molar-refractivity contribution in [1.82, 2.24) is 15.1 Å². The molecule has 1 heterocycles. The molecule has 1 aliphatic heterocycles. The minimum Gasteiger partial charge on any atom is -0.339 e. The molecule has 136 valence electrons. The van der Waals surface area contributed by atoms with Gasteiger partial charge in [-0.3, -0.25) is 14.5 Å². The Balaban J connectivity index is 2.18. The Morgan fingerprint density at radius 2 is 1.96 bits per heavy atom. The number of hydrogen-bond donors (Lipinski definition) is 1. The summed E-state index contributed by atoms with van der Waals surface area (Å²) in [5, 5.41) is 2.79. The number of nitrogens with one attached hydrogen (secondary N) is 1. The van der Waals surface area contributed by atoms with E-state index in [2.05, 4.69) is 5.32 Å². The lowest BCUT2D eigenvalue weighted by Crippen LogP contribution is -2.62. The van der Waals surface area contributed by atoms with Gasteiger partial charge in [0.2, 0.25) is 0 Å². The zero-order valence-corrected chi connectivity index (χ0v) is 16.3. The van der Waals surface area contributed by atoms with Gasteiger partial charge in [0.15, 0.2) is 0 Å². The molecule has 1 saturated heterocycles. The number of thioether (sulfide) groups is 1. The number of hydrogen-bond acceptors (Lipinski definition) is 5. The maximum atomic E-state index is 13.0. The van der Waals surface area contributed by atoms with Crippen LogP contribution in [0.3, 0.4) is 0 Å². The predicted molar refractivity (Wildman–Crippen MR) is 102 cm³/mol. The number of likely N-dealkylation sites (N-methyl/N-ethyl adjacent to an activating group) is 1. The molecule has 8 heteroatoms. The quantitative estimate of drug-likeness (QED) is 0.790. The highest BCUT2D eigenvalue weighted by Gasteiger charge is 2.46. The molecule has 2 amide bonds. The summed E-state index contributed by atoms with van der Waals surface area (Å²) in [6, 6.07) is 4.51. The van der Waals surface area contributed by atoms with E-state index < -0.39 is 22.5 Å². The van der Waals surface area contributed by atoms with Gasteiger partial charge in [-0.1, -0.05) is 24.0 Å². The summed E-state index contributed by atoms with van der Waals surface area (Å²) >= 11 is 6.77. The van der Waals surface area contributed by atoms with Crippen molar-refractivity contribution in [2.45, 2.75) is 24.6 Å². The van der Waals surface area contributed by atoms with Gasteiger partial charge in [-0.25, -0.2) is 4.39 Å². The summed E-state index contributed by atoms with van der Waals surface area (Å²) in [6.45, 7) is 4.89. The van der Waals surface area contributed by atoms with Crippen molar-refractivity contribution in [3.8, 4) is 0 Å². The number of halogens is 1. The Bertz CT molecular complexity index is 677. The monoisotopic (exact) mass is 383 g/mol. The molecule has 0 aliphatic carbocycles. The molecule has 1 fully saturated rings. The Morgan fingerprint density at radius 3 is 2.52 bits per heavy atom. The fourth-order valence-electron chi connectivity index (χ4n) is 2.43. The summed E-state index contributed by atoms with van der Waals surface area (Å²) in [5.41, 5.74) is 0.308. The molecule has 0 aromatic heterocycles. The molecule has 0 spiro atoms. The summed E-state index contributed by atoms with van der Waals surface area (Å²) in [7, 11) is 3.84. The number of thiocarbonyl (C=S) groups is 1. The normalized spacial score (nSPS) is 20.1. The number of amides is 2. The van der Waals surface area contributed by atoms with Crippen molar-refractivity contribution in [2.75, 3.05) is 27.2 Å². The summed E-state index contributed by atoms with van der Waals surface area (Å²) in [4.78, 5) is 28.9. The van der Waals surface area contributed by atoms with Crippen LogP contribution in [0.25, 0.3) is 0 Å². The van der Waals surface area contributed by atoms with E-state index in [1.54, 1.807) is 4.90 Å². The first kappa shape index (κ1) is 19.8. The van der Waals surface area contributed by atoms with Crippen molar-refractivity contribution in [3.63, 3.8) is 0 Å². The Labute approximate surface area is 156 Å². The fourth-order valence-corrected chi connectivity index (χ4v) is 4.28. The largest absolute Gasteiger partial charge is 0.339 e. The molecule has 0 radical (unpaired) electrons. The van der Waals surface area contributed by atoms with E-state index in [1.165, 1.54) is 36.0 Å². The van der Waals surface area contributed by atoms with Crippen LogP contribution in [0.15, 0.2) is 24.3 Å². The van der Waals surface area contributed by atoms with E-state index in [0.717, 1.165) is 0 Å². The lowest BCUT2D eigenvalue weighted by Gasteiger charge is -2.42. The van der Waals surface area contributed by atoms with Crippen LogP contribution in [0.5, 0.6) is 0 Å². The lowest BCUT2D eigenvalue weighted by atomic mass is 10.0. The smallest absolute Gasteiger partial charge is 0.252 e. The van der Waals surface area contributed by atoms with Gasteiger partial charge in [-0.05, 0) is 52.2 Å². The fraction of sp³-hybridized carbons (Fsp3) is 0.471. The Morgan fingerprint density at radius 1 is 1.36 bits per heavy atom. The zero-order chi connectivity index (χ0) is 18.8. The number of carbonyl (C=O) groups is 2. The third-order valence-electron chi connectivity index (χ3n) is 3.93. The molecule has 25 heavy (non-hydrogen) atoms. The van der Waals surface area contributed by atoms with Crippen LogP contribution in [-0.2, 0) is 4.79 Å². The Hall–Kier alpha value is -1.51. The minimum absolute atomic E-state index is 0.217. The molecule has 5 nitrogen and oxygen atoms in total. The second-order valence-corrected chi connectivity index (χ2v) is 8.97. The highest BCUT2D eigenvalue weighted by Crippen LogP contribution is 2.36. The van der Waals surface area contributed by atoms with E-state index in [1.807, 2.05) is 32.8 Å². The number of nitrogens with zero attached hydrogens (tertiary/aromatic N) is 2. The molecule has 1 atom stereocenters. The third kappa shape index (κ3) is 4.77. The average molecular weight is 384 g/mol. The standard InChI is InChI=1S/C17H22FN3O2S2/c1-17(2)13(19-14(22)11-5-7-12(18)8-6-11)15(23)21(16(24)25-17)10-9-20(3)4/h5-8,13H,9-10H2,1-4H3,(H,19,22). The van der Waals surface area contributed by atoms with E-state index in [9.17, 15) is 14.0 Å². The first-order valence-electron chi connectivity index (χ1n) is 7.87. The van der Waals surface area contributed by atoms with Crippen molar-refractivity contribution >= 4 is 40.1 Å². The van der Waals surface area contributed by atoms with Crippen molar-refractivity contribution in [1.29, 1.82) is 0 Å². The van der Waals surface area contributed by atoms with Gasteiger partial charge in [0.1, 0.15) is 16.2 Å². The summed E-state index contributed by atoms with van der Waals surface area (Å²) in [6.07, 6.45) is 0. The third-order valence-corrected chi connectivity index (χ3v) is 5.56. The Kier molecular flexibility index (Phi) is 6.18. The highest BCUT2D eigenvalue weighted by molar-refractivity contribution is 8.24. The van der Waals surface area contributed by atoms with Crippen LogP contribution in [0.4, 0.5) is 4.39 Å². The van der Waals surface area contributed by atoms with E-state index >= 15 is 0 Å². The topological polar surface area (TPSA) is 52.6 Å². The SMILES string of the molecule is CN(C)CCN1C(=O)C(NC(=O)c2ccc(F)cc2)C(C)(C)SC1=S. The van der Waals surface area contributed by atoms with Gasteiger partial charge >= 0.3 is 0 Å². The van der Waals surface area contributed by atoms with Crippen LogP contribution < -0.4 is 5.32 Å². The number of carbonyl (C=O) groups excluding carboxylic acids is 2. The second kappa shape index (κ2) is 7.80. The van der Waals surface area contributed by atoms with E-state index in [0.29, 0.717) is 23.0 Å². The second-order valence-electron chi connectivity index (χ2n) is 6.68. The van der Waals surface area contributed by atoms with Crippen molar-refractivity contribution in [2.24, 2.45) is 0 Å². The maximum absolute atomic E-state index is 13.0. The molecule has 0 saturated carbocycles. The van der Waals surface area contributed by atoms with Gasteiger partial charge in [0, 0.05) is 23.4 Å². The van der Waals surface area contributed by atoms with Crippen molar-refractivity contribution in [3.05, 3.63) is 35.6 Å². The van der Waals surface area contributed by atoms with Gasteiger partial charge in [0.05, 0.1) is 0 Å². The molecule has 1 N–H and O–H groups in total. The predicted octanol–water partition coefficient (Wildman–Crippen LogP) is 2.12. The van der Waals surface area contributed by atoms with E-state index in [4.69, 9.17) is 12.2 Å². The lowest BCUT2D eigenvalue weighted by molar-refractivity contribution is -0.130. The van der Waals surface area contributed by atoms with Crippen LogP contribution in [0.2, 0.25) is 0 Å². The van der Waals surface area contributed by atoms with Crippen LogP contribution >= 0.6 is 24.0 Å². The molecule has 2 rings (SSSR count). The van der Waals surface area contributed by atoms with Gasteiger partial charge in [-0.15, -0.1) is 0 Å². The van der Waals surface area contributed by atoms with Crippen LogP contribution in [0.1, 0.15) is 24.2 Å². The summed E-state index contributed by atoms with van der Waals surface area (Å²) < 4.78 is 13.0. The van der Waals surface area contributed by atoms with Crippen LogP contribution in [0, 0.1) is 5.82 Å². The molecule has 1 aromatic carbocycles.